The minimum atomic E-state index is -0.985. The van der Waals surface area contributed by atoms with Crippen LogP contribution in [0, 0.1) is 0 Å². The standard InChI is InChI=1S/C22H32N2O7/c1-21(2,3)31-19(26)23-17(18(25)28-6)12-16-13-24(22(4,5)30-16)20(27)29-14-15-10-8-7-9-11-15/h7-11,16-17H,12-14H2,1-6H3,(H,23,26)/t16-,17-/m0/s1. The summed E-state index contributed by atoms with van der Waals surface area (Å²) in [6.07, 6.45) is -1.67. The number of carbonyl (C=O) groups is 3. The second-order valence-corrected chi connectivity index (χ2v) is 8.80. The van der Waals surface area contributed by atoms with Crippen LogP contribution in [0.4, 0.5) is 9.59 Å². The van der Waals surface area contributed by atoms with Gasteiger partial charge in [-0.3, -0.25) is 4.90 Å². The summed E-state index contributed by atoms with van der Waals surface area (Å²) in [5.41, 5.74) is -0.779. The number of carbonyl (C=O) groups excluding carboxylic acids is 3. The molecule has 1 fully saturated rings. The summed E-state index contributed by atoms with van der Waals surface area (Å²) in [6, 6.07) is 8.37. The van der Waals surface area contributed by atoms with Gasteiger partial charge in [0.05, 0.1) is 19.8 Å². The van der Waals surface area contributed by atoms with Gasteiger partial charge in [0.1, 0.15) is 24.0 Å². The smallest absolute Gasteiger partial charge is 0.412 e. The zero-order chi connectivity index (χ0) is 23.2. The maximum atomic E-state index is 12.6. The number of nitrogens with zero attached hydrogens (tertiary/aromatic N) is 1. The molecule has 1 aromatic rings. The van der Waals surface area contributed by atoms with Crippen molar-refractivity contribution >= 4 is 18.2 Å². The van der Waals surface area contributed by atoms with Crippen LogP contribution in [0.15, 0.2) is 30.3 Å². The Hall–Kier alpha value is -2.81. The lowest BCUT2D eigenvalue weighted by atomic mass is 10.1. The van der Waals surface area contributed by atoms with Gasteiger partial charge in [0.2, 0.25) is 0 Å². The van der Waals surface area contributed by atoms with Crippen molar-refractivity contribution in [3.05, 3.63) is 35.9 Å². The van der Waals surface area contributed by atoms with Gasteiger partial charge < -0.3 is 24.3 Å². The molecule has 0 aromatic heterocycles. The molecule has 0 spiro atoms. The summed E-state index contributed by atoms with van der Waals surface area (Å²) >= 11 is 0. The Kier molecular flexibility index (Phi) is 7.89. The van der Waals surface area contributed by atoms with Crippen LogP contribution in [0.1, 0.15) is 46.6 Å². The number of hydrogen-bond acceptors (Lipinski definition) is 7. The molecule has 0 saturated carbocycles. The number of rotatable bonds is 6. The van der Waals surface area contributed by atoms with E-state index >= 15 is 0 Å². The van der Waals surface area contributed by atoms with Gasteiger partial charge in [0.15, 0.2) is 0 Å². The Balaban J connectivity index is 1.99. The fraction of sp³-hybridized carbons (Fsp3) is 0.591. The van der Waals surface area contributed by atoms with E-state index < -0.39 is 41.6 Å². The molecule has 9 nitrogen and oxygen atoms in total. The molecule has 0 bridgehead atoms. The molecule has 0 aliphatic carbocycles. The van der Waals surface area contributed by atoms with E-state index in [1.165, 1.54) is 12.0 Å². The molecule has 1 aliphatic heterocycles. The Morgan fingerprint density at radius 1 is 1.23 bits per heavy atom. The summed E-state index contributed by atoms with van der Waals surface area (Å²) in [7, 11) is 1.23. The number of amides is 2. The molecule has 31 heavy (non-hydrogen) atoms. The van der Waals surface area contributed by atoms with Crippen molar-refractivity contribution in [2.75, 3.05) is 13.7 Å². The van der Waals surface area contributed by atoms with E-state index in [-0.39, 0.29) is 19.6 Å². The number of esters is 1. The second kappa shape index (κ2) is 10.00. The minimum Gasteiger partial charge on any atom is -0.467 e. The van der Waals surface area contributed by atoms with Crippen molar-refractivity contribution in [3.63, 3.8) is 0 Å². The predicted molar refractivity (Wildman–Crippen MR) is 112 cm³/mol. The summed E-state index contributed by atoms with van der Waals surface area (Å²) in [5.74, 6) is -0.627. The quantitative estimate of drug-likeness (QED) is 0.539. The fourth-order valence-corrected chi connectivity index (χ4v) is 3.22. The first-order valence-electron chi connectivity index (χ1n) is 10.1. The molecule has 2 atom stereocenters. The van der Waals surface area contributed by atoms with E-state index in [0.29, 0.717) is 0 Å². The lowest BCUT2D eigenvalue weighted by molar-refractivity contribution is -0.144. The third-order valence-electron chi connectivity index (χ3n) is 4.59. The van der Waals surface area contributed by atoms with Gasteiger partial charge in [-0.2, -0.15) is 0 Å². The van der Waals surface area contributed by atoms with Gasteiger partial charge in [0, 0.05) is 6.42 Å². The maximum absolute atomic E-state index is 12.6. The van der Waals surface area contributed by atoms with E-state index in [9.17, 15) is 14.4 Å². The third-order valence-corrected chi connectivity index (χ3v) is 4.59. The molecule has 1 saturated heterocycles. The Morgan fingerprint density at radius 3 is 2.45 bits per heavy atom. The van der Waals surface area contributed by atoms with Crippen molar-refractivity contribution in [2.24, 2.45) is 0 Å². The number of methoxy groups -OCH3 is 1. The van der Waals surface area contributed by atoms with Crippen molar-refractivity contribution in [3.8, 4) is 0 Å². The summed E-state index contributed by atoms with van der Waals surface area (Å²) < 4.78 is 21.4. The highest BCUT2D eigenvalue weighted by atomic mass is 16.6. The molecule has 0 unspecified atom stereocenters. The van der Waals surface area contributed by atoms with Crippen LogP contribution >= 0.6 is 0 Å². The van der Waals surface area contributed by atoms with Crippen LogP contribution < -0.4 is 5.32 Å². The SMILES string of the molecule is COC(=O)[C@H](C[C@H]1CN(C(=O)OCc2ccccc2)C(C)(C)O1)NC(=O)OC(C)(C)C. The Bertz CT molecular complexity index is 774. The molecule has 2 rings (SSSR count). The summed E-state index contributed by atoms with van der Waals surface area (Å²) in [4.78, 5) is 38.4. The zero-order valence-corrected chi connectivity index (χ0v) is 19.0. The van der Waals surface area contributed by atoms with Crippen LogP contribution in [0.25, 0.3) is 0 Å². The van der Waals surface area contributed by atoms with Gasteiger partial charge in [-0.05, 0) is 40.2 Å². The Morgan fingerprint density at radius 2 is 1.87 bits per heavy atom. The molecule has 9 heteroatoms. The summed E-state index contributed by atoms with van der Waals surface area (Å²) in [6.45, 7) is 8.99. The minimum absolute atomic E-state index is 0.109. The molecular formula is C22H32N2O7. The normalized spacial score (nSPS) is 18.8. The zero-order valence-electron chi connectivity index (χ0n) is 19.0. The first kappa shape index (κ1) is 24.5. The first-order valence-corrected chi connectivity index (χ1v) is 10.1. The van der Waals surface area contributed by atoms with E-state index in [2.05, 4.69) is 5.32 Å². The van der Waals surface area contributed by atoms with Gasteiger partial charge in [-0.25, -0.2) is 14.4 Å². The number of alkyl carbamates (subject to hydrolysis) is 1. The van der Waals surface area contributed by atoms with Crippen LogP contribution in [-0.4, -0.2) is 60.2 Å². The van der Waals surface area contributed by atoms with Crippen LogP contribution in [0.3, 0.4) is 0 Å². The van der Waals surface area contributed by atoms with Crippen molar-refractivity contribution in [1.82, 2.24) is 10.2 Å². The summed E-state index contributed by atoms with van der Waals surface area (Å²) in [5, 5.41) is 2.52. The fourth-order valence-electron chi connectivity index (χ4n) is 3.22. The lowest BCUT2D eigenvalue weighted by Gasteiger charge is -2.29. The molecule has 172 valence electrons. The van der Waals surface area contributed by atoms with Gasteiger partial charge in [0.25, 0.3) is 0 Å². The van der Waals surface area contributed by atoms with Crippen molar-refractivity contribution < 1.29 is 33.3 Å². The van der Waals surface area contributed by atoms with E-state index in [0.717, 1.165) is 5.56 Å². The third kappa shape index (κ3) is 7.43. The molecular weight excluding hydrogens is 404 g/mol. The average Bonchev–Trinajstić information content (AvgIpc) is 2.98. The van der Waals surface area contributed by atoms with E-state index in [1.807, 2.05) is 30.3 Å². The molecule has 0 radical (unpaired) electrons. The van der Waals surface area contributed by atoms with Crippen LogP contribution in [0.2, 0.25) is 0 Å². The van der Waals surface area contributed by atoms with E-state index in [4.69, 9.17) is 18.9 Å². The highest BCUT2D eigenvalue weighted by Gasteiger charge is 2.44. The molecule has 1 aromatic carbocycles. The average molecular weight is 437 g/mol. The number of nitrogens with one attached hydrogen (secondary N) is 1. The highest BCUT2D eigenvalue weighted by Crippen LogP contribution is 2.30. The van der Waals surface area contributed by atoms with E-state index in [1.54, 1.807) is 34.6 Å². The van der Waals surface area contributed by atoms with Crippen LogP contribution in [0.5, 0.6) is 0 Å². The number of benzene rings is 1. The van der Waals surface area contributed by atoms with Crippen LogP contribution in [-0.2, 0) is 30.3 Å². The van der Waals surface area contributed by atoms with Gasteiger partial charge in [-0.1, -0.05) is 30.3 Å². The topological polar surface area (TPSA) is 103 Å². The molecule has 1 aliphatic rings. The van der Waals surface area contributed by atoms with Crippen molar-refractivity contribution in [2.45, 2.75) is 71.1 Å². The highest BCUT2D eigenvalue weighted by molar-refractivity contribution is 5.81. The monoisotopic (exact) mass is 436 g/mol. The molecule has 1 N–H and O–H groups in total. The maximum Gasteiger partial charge on any atom is 0.412 e. The van der Waals surface area contributed by atoms with Gasteiger partial charge >= 0.3 is 18.2 Å². The lowest BCUT2D eigenvalue weighted by Crippen LogP contribution is -2.46. The molecule has 1 heterocycles. The molecule has 2 amide bonds. The van der Waals surface area contributed by atoms with Crippen molar-refractivity contribution in [1.29, 1.82) is 0 Å². The Labute approximate surface area is 183 Å². The number of hydrogen-bond donors (Lipinski definition) is 1. The predicted octanol–water partition coefficient (Wildman–Crippen LogP) is 3.22. The number of ether oxygens (including phenoxy) is 4. The first-order chi connectivity index (χ1) is 14.4. The van der Waals surface area contributed by atoms with Gasteiger partial charge in [-0.15, -0.1) is 0 Å². The second-order valence-electron chi connectivity index (χ2n) is 8.80. The largest absolute Gasteiger partial charge is 0.467 e.